The van der Waals surface area contributed by atoms with Crippen molar-refractivity contribution in [2.45, 2.75) is 193 Å². The molecule has 0 radical (unpaired) electrons. The first-order valence-electron chi connectivity index (χ1n) is 22.8. The molecule has 0 rings (SSSR count). The van der Waals surface area contributed by atoms with Crippen molar-refractivity contribution < 1.29 is 42.9 Å². The number of quaternary nitrogens is 1. The Morgan fingerprint density at radius 1 is 0.544 bits per heavy atom. The van der Waals surface area contributed by atoms with Crippen LogP contribution in [0.25, 0.3) is 0 Å². The van der Waals surface area contributed by atoms with Gasteiger partial charge in [-0.3, -0.25) is 9.59 Å². The van der Waals surface area contributed by atoms with E-state index in [-0.39, 0.29) is 38.6 Å². The molecule has 330 valence electrons. The molecule has 0 aromatic heterocycles. The third kappa shape index (κ3) is 41.2. The number of carbonyl (C=O) groups is 3. The number of ether oxygens (including phenoxy) is 4. The largest absolute Gasteiger partial charge is 0.477 e. The molecule has 0 amide bonds. The van der Waals surface area contributed by atoms with Gasteiger partial charge in [-0.25, -0.2) is 4.79 Å². The highest BCUT2D eigenvalue weighted by atomic mass is 16.7. The van der Waals surface area contributed by atoms with Crippen molar-refractivity contribution in [3.63, 3.8) is 0 Å². The van der Waals surface area contributed by atoms with Crippen LogP contribution in [-0.4, -0.2) is 87.4 Å². The zero-order chi connectivity index (χ0) is 42.1. The zero-order valence-electron chi connectivity index (χ0n) is 37.2. The maximum absolute atomic E-state index is 12.8. The monoisotopic (exact) mass is 805 g/mol. The summed E-state index contributed by atoms with van der Waals surface area (Å²) >= 11 is 0. The highest BCUT2D eigenvalue weighted by Gasteiger charge is 2.25. The Balaban J connectivity index is 4.46. The number of rotatable bonds is 41. The predicted octanol–water partition coefficient (Wildman–Crippen LogP) is 12.0. The fraction of sp³-hybridized carbons (Fsp3) is 0.771. The van der Waals surface area contributed by atoms with E-state index in [1.165, 1.54) is 64.2 Å². The summed E-state index contributed by atoms with van der Waals surface area (Å²) in [6, 6.07) is 0. The second kappa shape index (κ2) is 40.0. The molecule has 0 spiro atoms. The van der Waals surface area contributed by atoms with Gasteiger partial charge >= 0.3 is 17.9 Å². The average molecular weight is 805 g/mol. The smallest absolute Gasteiger partial charge is 0.361 e. The van der Waals surface area contributed by atoms with E-state index in [0.717, 1.165) is 83.5 Å². The van der Waals surface area contributed by atoms with Crippen LogP contribution in [0.1, 0.15) is 181 Å². The molecular formula is C48H86NO8+. The van der Waals surface area contributed by atoms with Crippen LogP contribution in [0.3, 0.4) is 0 Å². The molecule has 0 aliphatic rings. The third-order valence-corrected chi connectivity index (χ3v) is 9.57. The Kier molecular flexibility index (Phi) is 38.1. The maximum Gasteiger partial charge on any atom is 0.361 e. The molecule has 9 nitrogen and oxygen atoms in total. The second-order valence-corrected chi connectivity index (χ2v) is 16.3. The molecule has 2 unspecified atom stereocenters. The first-order valence-corrected chi connectivity index (χ1v) is 22.8. The predicted molar refractivity (Wildman–Crippen MR) is 235 cm³/mol. The van der Waals surface area contributed by atoms with Crippen molar-refractivity contribution >= 4 is 17.9 Å². The summed E-state index contributed by atoms with van der Waals surface area (Å²) < 4.78 is 22.7. The summed E-state index contributed by atoms with van der Waals surface area (Å²) in [4.78, 5) is 37.1. The normalized spacial score (nSPS) is 13.4. The molecule has 0 aromatic carbocycles. The minimum atomic E-state index is -1.51. The molecule has 0 bridgehead atoms. The summed E-state index contributed by atoms with van der Waals surface area (Å²) in [6.45, 7) is 4.73. The Hall–Kier alpha value is -2.75. The molecular weight excluding hydrogens is 719 g/mol. The van der Waals surface area contributed by atoms with E-state index in [0.29, 0.717) is 17.4 Å². The van der Waals surface area contributed by atoms with Crippen molar-refractivity contribution in [2.24, 2.45) is 0 Å². The summed E-state index contributed by atoms with van der Waals surface area (Å²) in [7, 11) is 5.95. The molecule has 1 N–H and O–H groups in total. The lowest BCUT2D eigenvalue weighted by molar-refractivity contribution is -0.870. The van der Waals surface area contributed by atoms with E-state index < -0.39 is 24.3 Å². The van der Waals surface area contributed by atoms with Gasteiger partial charge in [-0.1, -0.05) is 146 Å². The molecule has 0 aliphatic heterocycles. The van der Waals surface area contributed by atoms with Gasteiger partial charge in [0.2, 0.25) is 0 Å². The average Bonchev–Trinajstić information content (AvgIpc) is 3.17. The van der Waals surface area contributed by atoms with Crippen molar-refractivity contribution in [1.29, 1.82) is 0 Å². The lowest BCUT2D eigenvalue weighted by atomic mass is 10.1. The number of aliphatic carboxylic acids is 1. The van der Waals surface area contributed by atoms with Crippen LogP contribution < -0.4 is 0 Å². The quantitative estimate of drug-likeness (QED) is 0.0214. The number of carboxylic acid groups (broad SMARTS) is 1. The molecule has 9 heteroatoms. The lowest BCUT2D eigenvalue weighted by Gasteiger charge is -2.25. The topological polar surface area (TPSA) is 108 Å². The van der Waals surface area contributed by atoms with Gasteiger partial charge in [0, 0.05) is 12.8 Å². The number of hydrogen-bond acceptors (Lipinski definition) is 7. The number of unbranched alkanes of at least 4 members (excludes halogenated alkanes) is 18. The highest BCUT2D eigenvalue weighted by Crippen LogP contribution is 2.13. The van der Waals surface area contributed by atoms with E-state index in [1.807, 2.05) is 21.1 Å². The van der Waals surface area contributed by atoms with Crippen LogP contribution in [0.5, 0.6) is 0 Å². The maximum atomic E-state index is 12.8. The number of carbonyl (C=O) groups excluding carboxylic acids is 2. The van der Waals surface area contributed by atoms with Crippen LogP contribution in [0.15, 0.2) is 48.6 Å². The van der Waals surface area contributed by atoms with Gasteiger partial charge < -0.3 is 28.5 Å². The van der Waals surface area contributed by atoms with Crippen LogP contribution in [0, 0.1) is 0 Å². The van der Waals surface area contributed by atoms with Gasteiger partial charge in [0.05, 0.1) is 34.4 Å². The Labute approximate surface area is 349 Å². The van der Waals surface area contributed by atoms with Crippen molar-refractivity contribution in [3.05, 3.63) is 48.6 Å². The summed E-state index contributed by atoms with van der Waals surface area (Å²) in [5.74, 6) is -2.03. The van der Waals surface area contributed by atoms with Crippen LogP contribution >= 0.6 is 0 Å². The molecule has 0 saturated heterocycles. The van der Waals surface area contributed by atoms with Gasteiger partial charge in [-0.15, -0.1) is 0 Å². The van der Waals surface area contributed by atoms with Crippen molar-refractivity contribution in [2.75, 3.05) is 47.5 Å². The molecule has 0 saturated carbocycles. The summed E-state index contributed by atoms with van der Waals surface area (Å²) in [5, 5.41) is 9.64. The molecule has 57 heavy (non-hydrogen) atoms. The molecule has 0 aliphatic carbocycles. The lowest BCUT2D eigenvalue weighted by Crippen LogP contribution is -2.40. The van der Waals surface area contributed by atoms with E-state index in [9.17, 15) is 19.5 Å². The Morgan fingerprint density at radius 3 is 1.51 bits per heavy atom. The molecule has 0 fully saturated rings. The fourth-order valence-electron chi connectivity index (χ4n) is 6.02. The highest BCUT2D eigenvalue weighted by molar-refractivity contribution is 5.71. The van der Waals surface area contributed by atoms with Gasteiger partial charge in [-0.2, -0.15) is 0 Å². The first-order chi connectivity index (χ1) is 27.6. The van der Waals surface area contributed by atoms with Crippen molar-refractivity contribution in [3.8, 4) is 0 Å². The second-order valence-electron chi connectivity index (χ2n) is 16.3. The number of esters is 2. The molecule has 0 aromatic rings. The fourth-order valence-corrected chi connectivity index (χ4v) is 6.02. The van der Waals surface area contributed by atoms with Gasteiger partial charge in [0.25, 0.3) is 6.29 Å². The minimum absolute atomic E-state index is 0.183. The van der Waals surface area contributed by atoms with E-state index in [2.05, 4.69) is 62.5 Å². The third-order valence-electron chi connectivity index (χ3n) is 9.57. The number of hydrogen-bond donors (Lipinski definition) is 1. The van der Waals surface area contributed by atoms with Crippen LogP contribution in [0.4, 0.5) is 0 Å². The molecule has 0 heterocycles. The van der Waals surface area contributed by atoms with E-state index >= 15 is 0 Å². The van der Waals surface area contributed by atoms with Crippen molar-refractivity contribution in [1.82, 2.24) is 0 Å². The van der Waals surface area contributed by atoms with Gasteiger partial charge in [0.15, 0.2) is 6.10 Å². The van der Waals surface area contributed by atoms with E-state index in [1.54, 1.807) is 0 Å². The minimum Gasteiger partial charge on any atom is -0.477 e. The summed E-state index contributed by atoms with van der Waals surface area (Å²) in [6.07, 6.45) is 43.1. The van der Waals surface area contributed by atoms with E-state index in [4.69, 9.17) is 18.9 Å². The van der Waals surface area contributed by atoms with Crippen LogP contribution in [0.2, 0.25) is 0 Å². The zero-order valence-corrected chi connectivity index (χ0v) is 37.2. The number of nitrogens with zero attached hydrogens (tertiary/aromatic N) is 1. The number of allylic oxidation sites excluding steroid dienone is 8. The first kappa shape index (κ1) is 54.2. The van der Waals surface area contributed by atoms with Gasteiger partial charge in [-0.05, 0) is 70.6 Å². The SMILES string of the molecule is CC/C=C\C/C=C\C/C=C\CCCCCCCCCC(=O)OC(COC(=O)CCCCCCC/C=C\CCCCCCCC)COC(OCC[N+](C)(C)C)C(=O)O. The standard InChI is InChI=1S/C48H85NO8/c1-6-8-10-12-14-16-18-20-22-23-25-27-29-31-33-35-37-39-46(51)57-44(43-56-48(47(52)53)54-41-40-49(3,4)5)42-55-45(50)38-36-34-32-30-28-26-24-21-19-17-15-13-11-9-7-2/h8,10,14,16,20-22,24,44,48H,6-7,9,11-13,15,17-19,23,25-43H2,1-5H3/p+1/b10-8-,16-14-,22-20-,24-21-. The summed E-state index contributed by atoms with van der Waals surface area (Å²) in [5.41, 5.74) is 0. The number of carboxylic acids is 1. The van der Waals surface area contributed by atoms with Gasteiger partial charge in [0.1, 0.15) is 13.2 Å². The Morgan fingerprint density at radius 2 is 1.00 bits per heavy atom. The Bertz CT molecular complexity index is 1080. The van der Waals surface area contributed by atoms with Crippen LogP contribution in [-0.2, 0) is 33.3 Å². The molecule has 2 atom stereocenters. The number of likely N-dealkylation sites (N-methyl/N-ethyl adjacent to an activating group) is 1.